The number of alkyl halides is 4. The average molecular weight is 715 g/mol. The van der Waals surface area contributed by atoms with Crippen LogP contribution in [0, 0.1) is 23.0 Å². The molecule has 2 atom stereocenters. The van der Waals surface area contributed by atoms with E-state index in [-0.39, 0.29) is 46.4 Å². The SMILES string of the molecule is CC(C)(C)OC(=O)NC1CC(C)(F)c2cc(F)c(-c3nnc(C(C)(C)C#N)o3)cc2N(Cc2ccc(-c3ncc(C(F)(F)F)cc3F)cc2)C1=O. The van der Waals surface area contributed by atoms with Crippen LogP contribution in [0.3, 0.4) is 0 Å². The normalized spacial score (nSPS) is 18.1. The van der Waals surface area contributed by atoms with Gasteiger partial charge in [0.05, 0.1) is 29.4 Å². The lowest BCUT2D eigenvalue weighted by Crippen LogP contribution is -2.50. The number of carbonyl (C=O) groups excluding carboxylic acids is 2. The lowest BCUT2D eigenvalue weighted by atomic mass is 9.90. The highest BCUT2D eigenvalue weighted by Crippen LogP contribution is 2.44. The number of ether oxygens (including phenoxy) is 1. The minimum atomic E-state index is -4.79. The van der Waals surface area contributed by atoms with Gasteiger partial charge < -0.3 is 19.4 Å². The van der Waals surface area contributed by atoms with Crippen molar-refractivity contribution in [2.45, 2.75) is 83.4 Å². The number of alkyl carbamates (subject to hydrolysis) is 1. The Hall–Kier alpha value is -5.46. The fraction of sp³-hybridized carbons (Fsp3) is 0.371. The molecular formula is C35H32F6N6O4. The van der Waals surface area contributed by atoms with E-state index >= 15 is 8.78 Å². The van der Waals surface area contributed by atoms with Crippen molar-refractivity contribution in [3.05, 3.63) is 82.9 Å². The Morgan fingerprint density at radius 3 is 2.33 bits per heavy atom. The Labute approximate surface area is 288 Å². The summed E-state index contributed by atoms with van der Waals surface area (Å²) in [7, 11) is 0. The Morgan fingerprint density at radius 2 is 1.75 bits per heavy atom. The van der Waals surface area contributed by atoms with Gasteiger partial charge in [0.2, 0.25) is 11.8 Å². The number of hydrogen-bond donors (Lipinski definition) is 1. The summed E-state index contributed by atoms with van der Waals surface area (Å²) in [4.78, 5) is 31.7. The number of fused-ring (bicyclic) bond motifs is 1. The van der Waals surface area contributed by atoms with Gasteiger partial charge in [0.25, 0.3) is 5.89 Å². The summed E-state index contributed by atoms with van der Waals surface area (Å²) < 4.78 is 97.0. The third-order valence-corrected chi connectivity index (χ3v) is 7.99. The van der Waals surface area contributed by atoms with Crippen LogP contribution in [0.5, 0.6) is 0 Å². The third kappa shape index (κ3) is 7.82. The maximum absolute atomic E-state index is 16.6. The summed E-state index contributed by atoms with van der Waals surface area (Å²) in [6.45, 7) is 8.66. The standard InChI is InChI=1S/C35H32F6N6O4/c1-32(2,3)51-31(49)44-25-14-34(6,38)22-13-23(36)21(28-45-46-30(50-28)33(4,5)17-42)12-26(22)47(29(25)48)16-18-7-9-19(10-8-18)27-24(37)11-20(15-43-27)35(39,40)41/h7-13,15,25H,14,16H2,1-6H3,(H,44,49). The molecule has 2 amide bonds. The highest BCUT2D eigenvalue weighted by Gasteiger charge is 2.44. The Morgan fingerprint density at radius 1 is 1.08 bits per heavy atom. The number of nitriles is 1. The molecule has 0 fully saturated rings. The zero-order valence-corrected chi connectivity index (χ0v) is 28.2. The van der Waals surface area contributed by atoms with E-state index < -0.39 is 64.5 Å². The van der Waals surface area contributed by atoms with E-state index in [1.165, 1.54) is 38.1 Å². The van der Waals surface area contributed by atoms with Gasteiger partial charge in [0, 0.05) is 23.7 Å². The predicted octanol–water partition coefficient (Wildman–Crippen LogP) is 7.91. The second-order valence-electron chi connectivity index (χ2n) is 13.8. The van der Waals surface area contributed by atoms with E-state index in [4.69, 9.17) is 9.15 Å². The monoisotopic (exact) mass is 714 g/mol. The summed E-state index contributed by atoms with van der Waals surface area (Å²) in [6, 6.07) is 8.54. The van der Waals surface area contributed by atoms with Gasteiger partial charge in [-0.05, 0) is 65.3 Å². The second-order valence-corrected chi connectivity index (χ2v) is 13.8. The van der Waals surface area contributed by atoms with Gasteiger partial charge in [-0.1, -0.05) is 24.3 Å². The van der Waals surface area contributed by atoms with Crippen LogP contribution in [-0.4, -0.2) is 38.8 Å². The van der Waals surface area contributed by atoms with Crippen molar-refractivity contribution >= 4 is 17.7 Å². The number of nitrogens with one attached hydrogen (secondary N) is 1. The number of aromatic nitrogens is 3. The summed E-state index contributed by atoms with van der Waals surface area (Å²) in [5, 5.41) is 19.6. The van der Waals surface area contributed by atoms with Crippen molar-refractivity contribution in [2.24, 2.45) is 0 Å². The predicted molar refractivity (Wildman–Crippen MR) is 170 cm³/mol. The van der Waals surface area contributed by atoms with E-state index in [1.54, 1.807) is 20.8 Å². The molecule has 5 rings (SSSR count). The zero-order valence-electron chi connectivity index (χ0n) is 28.2. The topological polar surface area (TPSA) is 134 Å². The van der Waals surface area contributed by atoms with Crippen molar-refractivity contribution in [1.29, 1.82) is 5.26 Å². The van der Waals surface area contributed by atoms with E-state index in [2.05, 4.69) is 20.5 Å². The molecule has 51 heavy (non-hydrogen) atoms. The molecule has 1 aliphatic heterocycles. The lowest BCUT2D eigenvalue weighted by molar-refractivity contribution is -0.138. The van der Waals surface area contributed by atoms with E-state index in [1.807, 2.05) is 6.07 Å². The molecule has 2 aromatic heterocycles. The van der Waals surface area contributed by atoms with E-state index in [0.29, 0.717) is 17.8 Å². The highest BCUT2D eigenvalue weighted by atomic mass is 19.4. The number of nitrogens with zero attached hydrogens (tertiary/aromatic N) is 5. The Bertz CT molecular complexity index is 2030. The second kappa shape index (κ2) is 13.0. The first-order valence-corrected chi connectivity index (χ1v) is 15.5. The molecule has 0 spiro atoms. The van der Waals surface area contributed by atoms with Crippen LogP contribution in [0.2, 0.25) is 0 Å². The van der Waals surface area contributed by atoms with Crippen molar-refractivity contribution in [2.75, 3.05) is 4.90 Å². The summed E-state index contributed by atoms with van der Waals surface area (Å²) >= 11 is 0. The first-order chi connectivity index (χ1) is 23.6. The molecule has 16 heteroatoms. The van der Waals surface area contributed by atoms with Gasteiger partial charge in [-0.15, -0.1) is 10.2 Å². The molecule has 0 saturated carbocycles. The van der Waals surface area contributed by atoms with Gasteiger partial charge >= 0.3 is 12.3 Å². The van der Waals surface area contributed by atoms with Gasteiger partial charge in [-0.25, -0.2) is 18.0 Å². The largest absolute Gasteiger partial charge is 0.444 e. The fourth-order valence-corrected chi connectivity index (χ4v) is 5.37. The Kier molecular flexibility index (Phi) is 9.40. The van der Waals surface area contributed by atoms with Crippen LogP contribution in [0.15, 0.2) is 53.1 Å². The highest BCUT2D eigenvalue weighted by molar-refractivity contribution is 6.01. The van der Waals surface area contributed by atoms with Crippen LogP contribution in [-0.2, 0) is 33.3 Å². The molecule has 1 N–H and O–H groups in total. The van der Waals surface area contributed by atoms with Crippen LogP contribution in [0.4, 0.5) is 36.8 Å². The van der Waals surface area contributed by atoms with Crippen molar-refractivity contribution in [1.82, 2.24) is 20.5 Å². The number of rotatable bonds is 6. The number of carbonyl (C=O) groups is 2. The first-order valence-electron chi connectivity index (χ1n) is 15.5. The zero-order chi connectivity index (χ0) is 37.7. The molecule has 0 aliphatic carbocycles. The number of amides is 2. The van der Waals surface area contributed by atoms with Crippen molar-refractivity contribution in [3.63, 3.8) is 0 Å². The quantitative estimate of drug-likeness (QED) is 0.199. The van der Waals surface area contributed by atoms with Gasteiger partial charge in [-0.2, -0.15) is 18.4 Å². The summed E-state index contributed by atoms with van der Waals surface area (Å²) in [5.41, 5.74) is -6.31. The van der Waals surface area contributed by atoms with Gasteiger partial charge in [0.15, 0.2) is 0 Å². The number of anilines is 1. The van der Waals surface area contributed by atoms with Gasteiger partial charge in [-0.3, -0.25) is 9.78 Å². The average Bonchev–Trinajstić information content (AvgIpc) is 3.51. The molecule has 3 heterocycles. The van der Waals surface area contributed by atoms with E-state index in [0.717, 1.165) is 24.0 Å². The van der Waals surface area contributed by atoms with E-state index in [9.17, 15) is 32.4 Å². The molecule has 4 aromatic rings. The Balaban J connectivity index is 1.58. The van der Waals surface area contributed by atoms with Crippen LogP contribution in [0.1, 0.15) is 70.5 Å². The summed E-state index contributed by atoms with van der Waals surface area (Å²) in [5.74, 6) is -3.42. The molecule has 268 valence electrons. The molecule has 1 aliphatic rings. The molecule has 0 saturated heterocycles. The van der Waals surface area contributed by atoms with Crippen molar-refractivity contribution in [3.8, 4) is 28.8 Å². The molecule has 0 bridgehead atoms. The number of halogens is 6. The van der Waals surface area contributed by atoms with Crippen LogP contribution in [0.25, 0.3) is 22.7 Å². The molecule has 2 unspecified atom stereocenters. The first kappa shape index (κ1) is 36.8. The summed E-state index contributed by atoms with van der Waals surface area (Å²) in [6.07, 6.45) is -5.88. The molecule has 0 radical (unpaired) electrons. The molecule has 10 nitrogen and oxygen atoms in total. The number of pyridine rings is 1. The van der Waals surface area contributed by atoms with Gasteiger partial charge in [0.1, 0.15) is 40.1 Å². The molecular weight excluding hydrogens is 682 g/mol. The minimum Gasteiger partial charge on any atom is -0.444 e. The number of hydrogen-bond acceptors (Lipinski definition) is 8. The minimum absolute atomic E-state index is 0.103. The van der Waals surface area contributed by atoms with Crippen LogP contribution >= 0.6 is 0 Å². The van der Waals surface area contributed by atoms with Crippen LogP contribution < -0.4 is 10.2 Å². The third-order valence-electron chi connectivity index (χ3n) is 7.99. The number of benzene rings is 2. The maximum Gasteiger partial charge on any atom is 0.417 e. The van der Waals surface area contributed by atoms with Crippen molar-refractivity contribution < 1.29 is 45.1 Å². The maximum atomic E-state index is 16.6. The lowest BCUT2D eigenvalue weighted by Gasteiger charge is -2.27. The smallest absolute Gasteiger partial charge is 0.417 e. The molecule has 2 aromatic carbocycles. The fourth-order valence-electron chi connectivity index (χ4n) is 5.37.